The van der Waals surface area contributed by atoms with Crippen LogP contribution in [-0.4, -0.2) is 41.0 Å². The predicted molar refractivity (Wildman–Crippen MR) is 88.2 cm³/mol. The third kappa shape index (κ3) is 3.18. The maximum absolute atomic E-state index is 11.7. The summed E-state index contributed by atoms with van der Waals surface area (Å²) in [6.45, 7) is 3.16. The van der Waals surface area contributed by atoms with Crippen LogP contribution in [0.1, 0.15) is 31.4 Å². The van der Waals surface area contributed by atoms with Crippen molar-refractivity contribution in [3.63, 3.8) is 0 Å². The molecule has 1 atom stereocenters. The smallest absolute Gasteiger partial charge is 0.219 e. The van der Waals surface area contributed by atoms with E-state index in [9.17, 15) is 4.79 Å². The second kappa shape index (κ2) is 6.77. The fourth-order valence-corrected chi connectivity index (χ4v) is 3.18. The van der Waals surface area contributed by atoms with Gasteiger partial charge in [0.05, 0.1) is 18.5 Å². The first-order chi connectivity index (χ1) is 11.2. The summed E-state index contributed by atoms with van der Waals surface area (Å²) >= 11 is 0. The van der Waals surface area contributed by atoms with Gasteiger partial charge in [0.25, 0.3) is 0 Å². The molecule has 5 heteroatoms. The van der Waals surface area contributed by atoms with E-state index in [-0.39, 0.29) is 11.8 Å². The minimum atomic E-state index is 0.123. The highest BCUT2D eigenvalue weighted by Crippen LogP contribution is 2.35. The molecule has 2 heterocycles. The first kappa shape index (κ1) is 15.5. The zero-order valence-electron chi connectivity index (χ0n) is 13.5. The molecule has 0 saturated carbocycles. The molecule has 1 fully saturated rings. The van der Waals surface area contributed by atoms with Crippen LogP contribution in [0.2, 0.25) is 0 Å². The van der Waals surface area contributed by atoms with Crippen LogP contribution in [0.5, 0.6) is 5.75 Å². The van der Waals surface area contributed by atoms with E-state index in [1.54, 1.807) is 26.4 Å². The molecule has 0 bridgehead atoms. The van der Waals surface area contributed by atoms with Crippen molar-refractivity contribution in [1.29, 1.82) is 0 Å². The molecule has 0 unspecified atom stereocenters. The van der Waals surface area contributed by atoms with Crippen LogP contribution in [0.3, 0.4) is 0 Å². The number of para-hydroxylation sites is 1. The zero-order valence-corrected chi connectivity index (χ0v) is 13.5. The molecular weight excluding hydrogens is 290 g/mol. The number of hydrogen-bond acceptors (Lipinski definition) is 4. The van der Waals surface area contributed by atoms with Crippen molar-refractivity contribution in [2.24, 2.45) is 0 Å². The van der Waals surface area contributed by atoms with Crippen LogP contribution in [0.15, 0.2) is 36.7 Å². The van der Waals surface area contributed by atoms with Crippen LogP contribution >= 0.6 is 0 Å². The number of hydrogen-bond donors (Lipinski definition) is 0. The lowest BCUT2D eigenvalue weighted by Crippen LogP contribution is -2.38. The highest BCUT2D eigenvalue weighted by molar-refractivity contribution is 5.74. The Bertz CT molecular complexity index is 702. The van der Waals surface area contributed by atoms with E-state index in [1.807, 2.05) is 29.2 Å². The van der Waals surface area contributed by atoms with Crippen molar-refractivity contribution in [1.82, 2.24) is 14.9 Å². The Morgan fingerprint density at radius 3 is 2.83 bits per heavy atom. The van der Waals surface area contributed by atoms with Gasteiger partial charge < -0.3 is 9.64 Å². The molecule has 1 aromatic heterocycles. The van der Waals surface area contributed by atoms with E-state index in [2.05, 4.69) is 9.97 Å². The fourth-order valence-electron chi connectivity index (χ4n) is 3.18. The fraction of sp³-hybridized carbons (Fsp3) is 0.389. The standard InChI is InChI=1S/C18H21N3O2/c1-13(22)21-11-5-6-14(12-21)17-18(20-10-9-19-17)15-7-3-4-8-16(15)23-2/h3-4,7-10,14H,5-6,11-12H2,1-2H3/t14-/m0/s1. The number of rotatable bonds is 3. The van der Waals surface area contributed by atoms with Crippen LogP contribution in [-0.2, 0) is 4.79 Å². The van der Waals surface area contributed by atoms with E-state index < -0.39 is 0 Å². The number of ether oxygens (including phenoxy) is 1. The molecule has 0 radical (unpaired) electrons. The Morgan fingerprint density at radius 2 is 2.04 bits per heavy atom. The molecule has 1 aliphatic rings. The largest absolute Gasteiger partial charge is 0.496 e. The summed E-state index contributed by atoms with van der Waals surface area (Å²) in [4.78, 5) is 22.7. The maximum Gasteiger partial charge on any atom is 0.219 e. The number of nitrogens with zero attached hydrogens (tertiary/aromatic N) is 3. The molecule has 0 N–H and O–H groups in total. The second-order valence-corrected chi connectivity index (χ2v) is 5.79. The molecule has 120 valence electrons. The average Bonchev–Trinajstić information content (AvgIpc) is 2.61. The molecule has 2 aromatic rings. The Balaban J connectivity index is 1.99. The summed E-state index contributed by atoms with van der Waals surface area (Å²) in [6, 6.07) is 7.84. The van der Waals surface area contributed by atoms with E-state index in [4.69, 9.17) is 4.74 Å². The summed E-state index contributed by atoms with van der Waals surface area (Å²) in [5.74, 6) is 1.12. The lowest BCUT2D eigenvalue weighted by Gasteiger charge is -2.32. The van der Waals surface area contributed by atoms with Crippen LogP contribution < -0.4 is 4.74 Å². The van der Waals surface area contributed by atoms with Gasteiger partial charge in [-0.2, -0.15) is 0 Å². The summed E-state index contributed by atoms with van der Waals surface area (Å²) in [5.41, 5.74) is 2.74. The molecule has 0 spiro atoms. The third-order valence-electron chi connectivity index (χ3n) is 4.34. The lowest BCUT2D eigenvalue weighted by atomic mass is 9.91. The van der Waals surface area contributed by atoms with Gasteiger partial charge in [0, 0.05) is 43.9 Å². The number of carbonyl (C=O) groups excluding carboxylic acids is 1. The Kier molecular flexibility index (Phi) is 4.55. The highest BCUT2D eigenvalue weighted by atomic mass is 16.5. The topological polar surface area (TPSA) is 55.3 Å². The van der Waals surface area contributed by atoms with Crippen molar-refractivity contribution in [3.05, 3.63) is 42.4 Å². The van der Waals surface area contributed by atoms with Gasteiger partial charge in [-0.25, -0.2) is 0 Å². The highest BCUT2D eigenvalue weighted by Gasteiger charge is 2.27. The summed E-state index contributed by atoms with van der Waals surface area (Å²) in [6.07, 6.45) is 5.44. The van der Waals surface area contributed by atoms with E-state index in [1.165, 1.54) is 0 Å². The molecule has 1 aliphatic heterocycles. The molecule has 3 rings (SSSR count). The van der Waals surface area contributed by atoms with Crippen LogP contribution in [0.4, 0.5) is 0 Å². The van der Waals surface area contributed by atoms with Crippen molar-refractivity contribution in [2.75, 3.05) is 20.2 Å². The van der Waals surface area contributed by atoms with Gasteiger partial charge >= 0.3 is 0 Å². The molecule has 1 saturated heterocycles. The average molecular weight is 311 g/mol. The van der Waals surface area contributed by atoms with Crippen molar-refractivity contribution < 1.29 is 9.53 Å². The monoisotopic (exact) mass is 311 g/mol. The number of amides is 1. The number of piperidine rings is 1. The number of methoxy groups -OCH3 is 1. The SMILES string of the molecule is COc1ccccc1-c1nccnc1[C@H]1CCCN(C(C)=O)C1. The number of carbonyl (C=O) groups is 1. The lowest BCUT2D eigenvalue weighted by molar-refractivity contribution is -0.130. The molecular formula is C18H21N3O2. The number of likely N-dealkylation sites (tertiary alicyclic amines) is 1. The Morgan fingerprint density at radius 1 is 1.26 bits per heavy atom. The zero-order chi connectivity index (χ0) is 16.2. The van der Waals surface area contributed by atoms with Crippen LogP contribution in [0.25, 0.3) is 11.3 Å². The van der Waals surface area contributed by atoms with Crippen molar-refractivity contribution >= 4 is 5.91 Å². The van der Waals surface area contributed by atoms with Crippen molar-refractivity contribution in [2.45, 2.75) is 25.7 Å². The van der Waals surface area contributed by atoms with Crippen LogP contribution in [0, 0.1) is 0 Å². The quantitative estimate of drug-likeness (QED) is 0.874. The van der Waals surface area contributed by atoms with Gasteiger partial charge in [-0.15, -0.1) is 0 Å². The second-order valence-electron chi connectivity index (χ2n) is 5.79. The van der Waals surface area contributed by atoms with E-state index in [0.29, 0.717) is 6.54 Å². The van der Waals surface area contributed by atoms with Gasteiger partial charge in [0.15, 0.2) is 0 Å². The van der Waals surface area contributed by atoms with Crippen molar-refractivity contribution in [3.8, 4) is 17.0 Å². The van der Waals surface area contributed by atoms with Gasteiger partial charge in [-0.1, -0.05) is 12.1 Å². The predicted octanol–water partition coefficient (Wildman–Crippen LogP) is 2.88. The van der Waals surface area contributed by atoms with Gasteiger partial charge in [0.1, 0.15) is 5.75 Å². The summed E-state index contributed by atoms with van der Waals surface area (Å²) in [7, 11) is 1.66. The summed E-state index contributed by atoms with van der Waals surface area (Å²) < 4.78 is 5.47. The molecule has 23 heavy (non-hydrogen) atoms. The van der Waals surface area contributed by atoms with E-state index in [0.717, 1.165) is 42.1 Å². The molecule has 1 amide bonds. The van der Waals surface area contributed by atoms with Gasteiger partial charge in [0.2, 0.25) is 5.91 Å². The third-order valence-corrected chi connectivity index (χ3v) is 4.34. The minimum Gasteiger partial charge on any atom is -0.496 e. The normalized spacial score (nSPS) is 17.8. The first-order valence-corrected chi connectivity index (χ1v) is 7.90. The molecule has 1 aromatic carbocycles. The number of aromatic nitrogens is 2. The minimum absolute atomic E-state index is 0.123. The van der Waals surface area contributed by atoms with E-state index >= 15 is 0 Å². The summed E-state index contributed by atoms with van der Waals surface area (Å²) in [5, 5.41) is 0. The molecule has 5 nitrogen and oxygen atoms in total. The Labute approximate surface area is 136 Å². The molecule has 0 aliphatic carbocycles. The van der Waals surface area contributed by atoms with Gasteiger partial charge in [-0.05, 0) is 25.0 Å². The first-order valence-electron chi connectivity index (χ1n) is 7.90. The maximum atomic E-state index is 11.7. The Hall–Kier alpha value is -2.43. The van der Waals surface area contributed by atoms with Gasteiger partial charge in [-0.3, -0.25) is 14.8 Å². The number of benzene rings is 1.